The van der Waals surface area contributed by atoms with Crippen LogP contribution in [0.5, 0.6) is 0 Å². The molecule has 4 nitrogen and oxygen atoms in total. The van der Waals surface area contributed by atoms with Crippen molar-refractivity contribution in [3.8, 4) is 5.69 Å². The van der Waals surface area contributed by atoms with Crippen LogP contribution in [0.25, 0.3) is 5.69 Å². The Labute approximate surface area is 141 Å². The van der Waals surface area contributed by atoms with Crippen LogP contribution >= 0.6 is 39.1 Å². The number of aromatic nitrogens is 2. The van der Waals surface area contributed by atoms with Gasteiger partial charge in [0.2, 0.25) is 0 Å². The third kappa shape index (κ3) is 2.85. The molecule has 2 heterocycles. The fraction of sp³-hybridized carbons (Fsp3) is 0.357. The van der Waals surface area contributed by atoms with Crippen LogP contribution in [-0.2, 0) is 4.74 Å². The highest BCUT2D eigenvalue weighted by Gasteiger charge is 2.27. The number of nitrogens with zero attached hydrogens (tertiary/aromatic N) is 2. The minimum Gasteiger partial charge on any atom is -0.381 e. The lowest BCUT2D eigenvalue weighted by Gasteiger charge is -2.20. The number of halogens is 3. The first-order valence-corrected chi connectivity index (χ1v) is 8.14. The molecule has 2 atom stereocenters. The van der Waals surface area contributed by atoms with E-state index in [9.17, 15) is 0 Å². The molecule has 2 unspecified atom stereocenters. The van der Waals surface area contributed by atoms with Crippen LogP contribution in [0.1, 0.15) is 18.2 Å². The lowest BCUT2D eigenvalue weighted by molar-refractivity contribution is 0.180. The topological polar surface area (TPSA) is 53.1 Å². The zero-order valence-corrected chi connectivity index (χ0v) is 14.2. The minimum atomic E-state index is -0.145. The molecule has 1 aromatic carbocycles. The Balaban J connectivity index is 2.01. The monoisotopic (exact) mass is 389 g/mol. The SMILES string of the molecule is NC(c1cncn1-c1ccc(Br)c(Cl)c1Cl)C1CCOC1. The average molecular weight is 391 g/mol. The Bertz CT molecular complexity index is 656. The molecule has 21 heavy (non-hydrogen) atoms. The zero-order chi connectivity index (χ0) is 15.0. The Morgan fingerprint density at radius 2 is 2.19 bits per heavy atom. The van der Waals surface area contributed by atoms with Crippen molar-refractivity contribution in [3.05, 3.63) is 44.9 Å². The fourth-order valence-corrected chi connectivity index (χ4v) is 3.39. The molecule has 0 amide bonds. The van der Waals surface area contributed by atoms with Gasteiger partial charge in [-0.3, -0.25) is 0 Å². The van der Waals surface area contributed by atoms with Crippen LogP contribution in [0.2, 0.25) is 10.0 Å². The Kier molecular flexibility index (Phi) is 4.57. The van der Waals surface area contributed by atoms with Gasteiger partial charge >= 0.3 is 0 Å². The van der Waals surface area contributed by atoms with Crippen molar-refractivity contribution in [1.29, 1.82) is 0 Å². The first-order chi connectivity index (χ1) is 10.1. The normalized spacial score (nSPS) is 19.9. The number of benzene rings is 1. The molecule has 1 aliphatic rings. The molecule has 0 spiro atoms. The summed E-state index contributed by atoms with van der Waals surface area (Å²) in [5, 5.41) is 0.951. The van der Waals surface area contributed by atoms with Gasteiger partial charge in [0.05, 0.1) is 46.6 Å². The van der Waals surface area contributed by atoms with E-state index in [1.54, 1.807) is 12.5 Å². The number of hydrogen-bond acceptors (Lipinski definition) is 3. The molecule has 112 valence electrons. The number of ether oxygens (including phenoxy) is 1. The van der Waals surface area contributed by atoms with Gasteiger partial charge in [-0.15, -0.1) is 0 Å². The predicted octanol–water partition coefficient (Wildman–Crippen LogP) is 3.98. The molecular weight excluding hydrogens is 377 g/mol. The van der Waals surface area contributed by atoms with Gasteiger partial charge < -0.3 is 15.0 Å². The van der Waals surface area contributed by atoms with Crippen LogP contribution in [0.3, 0.4) is 0 Å². The van der Waals surface area contributed by atoms with Crippen molar-refractivity contribution in [2.24, 2.45) is 11.7 Å². The summed E-state index contributed by atoms with van der Waals surface area (Å²) in [4.78, 5) is 4.21. The van der Waals surface area contributed by atoms with E-state index < -0.39 is 0 Å². The van der Waals surface area contributed by atoms with Gasteiger partial charge in [-0.1, -0.05) is 23.2 Å². The molecule has 2 N–H and O–H groups in total. The third-order valence-corrected chi connectivity index (χ3v) is 5.52. The average Bonchev–Trinajstić information content (AvgIpc) is 3.15. The fourth-order valence-electron chi connectivity index (χ4n) is 2.53. The molecule has 1 fully saturated rings. The summed E-state index contributed by atoms with van der Waals surface area (Å²) in [7, 11) is 0. The van der Waals surface area contributed by atoms with Crippen LogP contribution in [-0.4, -0.2) is 22.8 Å². The molecule has 0 bridgehead atoms. The smallest absolute Gasteiger partial charge is 0.0995 e. The van der Waals surface area contributed by atoms with E-state index in [1.807, 2.05) is 16.7 Å². The Hall–Kier alpha value is -0.590. The summed E-state index contributed by atoms with van der Waals surface area (Å²) < 4.78 is 8.07. The molecule has 0 radical (unpaired) electrons. The summed E-state index contributed by atoms with van der Waals surface area (Å²) in [5.74, 6) is 0.296. The van der Waals surface area contributed by atoms with Gasteiger partial charge in [-0.05, 0) is 34.5 Å². The summed E-state index contributed by atoms with van der Waals surface area (Å²) in [6.07, 6.45) is 4.44. The van der Waals surface area contributed by atoms with Crippen molar-refractivity contribution >= 4 is 39.1 Å². The quantitative estimate of drug-likeness (QED) is 0.806. The van der Waals surface area contributed by atoms with Crippen molar-refractivity contribution in [2.75, 3.05) is 13.2 Å². The zero-order valence-electron chi connectivity index (χ0n) is 11.1. The van der Waals surface area contributed by atoms with Gasteiger partial charge in [-0.25, -0.2) is 4.98 Å². The number of rotatable bonds is 3. The van der Waals surface area contributed by atoms with Crippen molar-refractivity contribution in [3.63, 3.8) is 0 Å². The van der Waals surface area contributed by atoms with Crippen LogP contribution in [0.4, 0.5) is 0 Å². The van der Waals surface area contributed by atoms with E-state index in [-0.39, 0.29) is 6.04 Å². The van der Waals surface area contributed by atoms with Crippen LogP contribution < -0.4 is 5.73 Å². The maximum atomic E-state index is 6.37. The first-order valence-electron chi connectivity index (χ1n) is 6.59. The molecule has 7 heteroatoms. The molecule has 3 rings (SSSR count). The summed E-state index contributed by atoms with van der Waals surface area (Å²) >= 11 is 15.9. The minimum absolute atomic E-state index is 0.145. The molecule has 1 aliphatic heterocycles. The predicted molar refractivity (Wildman–Crippen MR) is 87.1 cm³/mol. The van der Waals surface area contributed by atoms with Crippen LogP contribution in [0.15, 0.2) is 29.1 Å². The first kappa shape index (κ1) is 15.3. The third-order valence-electron chi connectivity index (χ3n) is 3.76. The van der Waals surface area contributed by atoms with Gasteiger partial charge in [0.15, 0.2) is 0 Å². The van der Waals surface area contributed by atoms with E-state index in [4.69, 9.17) is 33.7 Å². The molecule has 2 aromatic rings. The van der Waals surface area contributed by atoms with Crippen molar-refractivity contribution in [2.45, 2.75) is 12.5 Å². The number of nitrogens with two attached hydrogens (primary N) is 1. The van der Waals surface area contributed by atoms with Gasteiger partial charge in [0, 0.05) is 17.0 Å². The number of imidazole rings is 1. The van der Waals surface area contributed by atoms with Crippen molar-refractivity contribution < 1.29 is 4.74 Å². The van der Waals surface area contributed by atoms with Gasteiger partial charge in [-0.2, -0.15) is 0 Å². The second-order valence-electron chi connectivity index (χ2n) is 5.03. The van der Waals surface area contributed by atoms with E-state index in [2.05, 4.69) is 20.9 Å². The molecular formula is C14H14BrCl2N3O. The largest absolute Gasteiger partial charge is 0.381 e. The highest BCUT2D eigenvalue weighted by atomic mass is 79.9. The number of hydrogen-bond donors (Lipinski definition) is 1. The van der Waals surface area contributed by atoms with E-state index >= 15 is 0 Å². The van der Waals surface area contributed by atoms with Crippen LogP contribution in [0, 0.1) is 5.92 Å². The van der Waals surface area contributed by atoms with Gasteiger partial charge in [0.25, 0.3) is 0 Å². The second kappa shape index (κ2) is 6.26. The summed E-state index contributed by atoms with van der Waals surface area (Å²) in [5.41, 5.74) is 8.05. The standard InChI is InChI=1S/C14H14BrCl2N3O/c15-9-1-2-10(13(17)12(9)16)20-7-19-5-11(20)14(18)8-3-4-21-6-8/h1-2,5,7-8,14H,3-4,6,18H2. The van der Waals surface area contributed by atoms with Gasteiger partial charge in [0.1, 0.15) is 0 Å². The Morgan fingerprint density at radius 3 is 2.90 bits per heavy atom. The summed E-state index contributed by atoms with van der Waals surface area (Å²) in [6.45, 7) is 1.44. The molecule has 0 saturated carbocycles. The maximum absolute atomic E-state index is 6.37. The molecule has 0 aliphatic carbocycles. The van der Waals surface area contributed by atoms with E-state index in [0.717, 1.165) is 28.9 Å². The van der Waals surface area contributed by atoms with E-state index in [1.165, 1.54) is 0 Å². The molecule has 1 aromatic heterocycles. The Morgan fingerprint density at radius 1 is 1.38 bits per heavy atom. The van der Waals surface area contributed by atoms with Crippen molar-refractivity contribution in [1.82, 2.24) is 9.55 Å². The molecule has 1 saturated heterocycles. The van der Waals surface area contributed by atoms with E-state index in [0.29, 0.717) is 22.6 Å². The lowest BCUT2D eigenvalue weighted by Crippen LogP contribution is -2.24. The maximum Gasteiger partial charge on any atom is 0.0995 e. The highest BCUT2D eigenvalue weighted by Crippen LogP contribution is 2.36. The lowest BCUT2D eigenvalue weighted by atomic mass is 9.97. The summed E-state index contributed by atoms with van der Waals surface area (Å²) in [6, 6.07) is 3.60. The highest BCUT2D eigenvalue weighted by molar-refractivity contribution is 9.10. The second-order valence-corrected chi connectivity index (χ2v) is 6.64.